The zero-order valence-corrected chi connectivity index (χ0v) is 14.2. The summed E-state index contributed by atoms with van der Waals surface area (Å²) in [6.07, 6.45) is 2.28. The van der Waals surface area contributed by atoms with E-state index in [1.165, 1.54) is 5.56 Å². The smallest absolute Gasteiger partial charge is 0.0410 e. The van der Waals surface area contributed by atoms with Gasteiger partial charge in [-0.2, -0.15) is 0 Å². The first-order valence-electron chi connectivity index (χ1n) is 6.72. The van der Waals surface area contributed by atoms with Crippen molar-refractivity contribution in [3.8, 4) is 0 Å². The Morgan fingerprint density at radius 3 is 2.55 bits per heavy atom. The van der Waals surface area contributed by atoms with Crippen molar-refractivity contribution < 1.29 is 0 Å². The lowest BCUT2D eigenvalue weighted by Gasteiger charge is -2.35. The monoisotopic (exact) mass is 339 g/mol. The second-order valence-corrected chi connectivity index (χ2v) is 5.30. The van der Waals surface area contributed by atoms with Gasteiger partial charge in [-0.05, 0) is 30.2 Å². The fraction of sp³-hybridized carbons (Fsp3) is 0.571. The van der Waals surface area contributed by atoms with E-state index in [4.69, 9.17) is 17.3 Å². The normalized spacial score (nSPS) is 16.9. The molecule has 2 rings (SSSR count). The molecule has 0 unspecified atom stereocenters. The number of nitrogens with one attached hydrogen (secondary N) is 1. The summed E-state index contributed by atoms with van der Waals surface area (Å²) in [6, 6.07) is 6.21. The summed E-state index contributed by atoms with van der Waals surface area (Å²) in [5.41, 5.74) is 8.17. The van der Waals surface area contributed by atoms with Crippen LogP contribution in [-0.4, -0.2) is 31.1 Å². The fourth-order valence-electron chi connectivity index (χ4n) is 2.64. The van der Waals surface area contributed by atoms with Crippen LogP contribution in [0.25, 0.3) is 0 Å². The number of nitrogens with zero attached hydrogens (tertiary/aromatic N) is 1. The van der Waals surface area contributed by atoms with Crippen molar-refractivity contribution in [3.05, 3.63) is 28.8 Å². The first-order valence-corrected chi connectivity index (χ1v) is 7.10. The zero-order valence-electron chi connectivity index (χ0n) is 11.8. The average molecular weight is 341 g/mol. The first-order chi connectivity index (χ1) is 8.72. The summed E-state index contributed by atoms with van der Waals surface area (Å²) in [6.45, 7) is 6.49. The van der Waals surface area contributed by atoms with Gasteiger partial charge in [-0.15, -0.1) is 24.8 Å². The van der Waals surface area contributed by atoms with Gasteiger partial charge in [0, 0.05) is 42.9 Å². The summed E-state index contributed by atoms with van der Waals surface area (Å²) >= 11 is 6.11. The van der Waals surface area contributed by atoms with Gasteiger partial charge in [0.1, 0.15) is 0 Å². The van der Waals surface area contributed by atoms with Crippen molar-refractivity contribution >= 4 is 42.1 Å². The van der Waals surface area contributed by atoms with Crippen LogP contribution in [0.5, 0.6) is 0 Å². The number of nitrogen functional groups attached to an aromatic ring is 1. The van der Waals surface area contributed by atoms with Crippen molar-refractivity contribution in [1.82, 2.24) is 10.2 Å². The maximum atomic E-state index is 6.13. The summed E-state index contributed by atoms with van der Waals surface area (Å²) in [5, 5.41) is 4.16. The van der Waals surface area contributed by atoms with Crippen molar-refractivity contribution in [2.24, 2.45) is 0 Å². The second-order valence-electron chi connectivity index (χ2n) is 4.86. The van der Waals surface area contributed by atoms with Crippen molar-refractivity contribution in [2.45, 2.75) is 25.8 Å². The second kappa shape index (κ2) is 9.69. The number of halogens is 3. The maximum absolute atomic E-state index is 6.13. The molecule has 0 saturated carbocycles. The minimum absolute atomic E-state index is 0. The highest BCUT2D eigenvalue weighted by Crippen LogP contribution is 2.32. The highest BCUT2D eigenvalue weighted by Gasteiger charge is 2.23. The van der Waals surface area contributed by atoms with Crippen LogP contribution in [0.2, 0.25) is 5.02 Å². The highest BCUT2D eigenvalue weighted by atomic mass is 35.5. The van der Waals surface area contributed by atoms with Crippen LogP contribution in [0.1, 0.15) is 31.4 Å². The molecule has 20 heavy (non-hydrogen) atoms. The first kappa shape index (κ1) is 19.8. The van der Waals surface area contributed by atoms with E-state index in [-0.39, 0.29) is 24.8 Å². The van der Waals surface area contributed by atoms with Crippen molar-refractivity contribution in [1.29, 1.82) is 0 Å². The van der Waals surface area contributed by atoms with Gasteiger partial charge >= 0.3 is 0 Å². The van der Waals surface area contributed by atoms with E-state index in [1.54, 1.807) is 0 Å². The summed E-state index contributed by atoms with van der Waals surface area (Å²) < 4.78 is 0. The van der Waals surface area contributed by atoms with E-state index >= 15 is 0 Å². The van der Waals surface area contributed by atoms with E-state index in [2.05, 4.69) is 17.1 Å². The minimum atomic E-state index is 0. The Balaban J connectivity index is 0.00000180. The predicted octanol–water partition coefficient (Wildman–Crippen LogP) is 3.51. The maximum Gasteiger partial charge on any atom is 0.0410 e. The molecule has 1 heterocycles. The molecular weight excluding hydrogens is 317 g/mol. The quantitative estimate of drug-likeness (QED) is 0.824. The Labute approximate surface area is 139 Å². The lowest BCUT2D eigenvalue weighted by Crippen LogP contribution is -2.45. The van der Waals surface area contributed by atoms with Crippen LogP contribution >= 0.6 is 36.4 Å². The van der Waals surface area contributed by atoms with E-state index in [0.717, 1.165) is 49.7 Å². The predicted molar refractivity (Wildman–Crippen MR) is 92.5 cm³/mol. The van der Waals surface area contributed by atoms with E-state index in [0.29, 0.717) is 6.04 Å². The highest BCUT2D eigenvalue weighted by molar-refractivity contribution is 6.30. The molecule has 0 aliphatic carbocycles. The van der Waals surface area contributed by atoms with Crippen LogP contribution in [0.15, 0.2) is 18.2 Å². The molecular formula is C14H24Cl3N3. The summed E-state index contributed by atoms with van der Waals surface area (Å²) in [5.74, 6) is 0. The molecule has 0 amide bonds. The molecule has 6 heteroatoms. The molecule has 3 nitrogen and oxygen atoms in total. The Hall–Kier alpha value is -0.190. The van der Waals surface area contributed by atoms with Gasteiger partial charge in [-0.1, -0.05) is 24.9 Å². The molecule has 116 valence electrons. The largest absolute Gasteiger partial charge is 0.398 e. The van der Waals surface area contributed by atoms with Crippen LogP contribution in [-0.2, 0) is 0 Å². The number of anilines is 1. The summed E-state index contributed by atoms with van der Waals surface area (Å²) in [4.78, 5) is 2.52. The molecule has 3 N–H and O–H groups in total. The molecule has 1 aliphatic rings. The number of benzene rings is 1. The third-order valence-electron chi connectivity index (χ3n) is 3.56. The lowest BCUT2D eigenvalue weighted by atomic mass is 9.98. The lowest BCUT2D eigenvalue weighted by molar-refractivity contribution is 0.165. The molecule has 1 fully saturated rings. The van der Waals surface area contributed by atoms with Crippen LogP contribution < -0.4 is 11.1 Å². The van der Waals surface area contributed by atoms with Gasteiger partial charge in [-0.3, -0.25) is 4.90 Å². The Kier molecular flexibility index (Phi) is 9.60. The van der Waals surface area contributed by atoms with E-state index < -0.39 is 0 Å². The number of piperazine rings is 1. The zero-order chi connectivity index (χ0) is 13.0. The Morgan fingerprint density at radius 1 is 1.30 bits per heavy atom. The van der Waals surface area contributed by atoms with Gasteiger partial charge < -0.3 is 11.1 Å². The number of rotatable bonds is 4. The number of hydrogen-bond acceptors (Lipinski definition) is 3. The standard InChI is InChI=1S/C14H22ClN3.2ClH/c1-2-3-14(18-8-6-17-7-9-18)12-10-11(15)4-5-13(12)16;;/h4-5,10,14,17H,2-3,6-9,16H2,1H3;2*1H/t14-;;/m0../s1. The van der Waals surface area contributed by atoms with Crippen molar-refractivity contribution in [3.63, 3.8) is 0 Å². The van der Waals surface area contributed by atoms with E-state index in [9.17, 15) is 0 Å². The van der Waals surface area contributed by atoms with Crippen LogP contribution in [0.3, 0.4) is 0 Å². The molecule has 1 atom stereocenters. The molecule has 1 aliphatic heterocycles. The molecule has 0 aromatic heterocycles. The molecule has 0 spiro atoms. The molecule has 1 aromatic rings. The third kappa shape index (κ3) is 4.97. The Bertz CT molecular complexity index is 395. The van der Waals surface area contributed by atoms with Gasteiger partial charge in [0.15, 0.2) is 0 Å². The third-order valence-corrected chi connectivity index (χ3v) is 3.80. The minimum Gasteiger partial charge on any atom is -0.398 e. The summed E-state index contributed by atoms with van der Waals surface area (Å²) in [7, 11) is 0. The number of hydrogen-bond donors (Lipinski definition) is 2. The topological polar surface area (TPSA) is 41.3 Å². The molecule has 1 aromatic carbocycles. The number of nitrogens with two attached hydrogens (primary N) is 1. The molecule has 1 saturated heterocycles. The van der Waals surface area contributed by atoms with Gasteiger partial charge in [-0.25, -0.2) is 0 Å². The molecule has 0 bridgehead atoms. The van der Waals surface area contributed by atoms with Crippen LogP contribution in [0.4, 0.5) is 5.69 Å². The van der Waals surface area contributed by atoms with Gasteiger partial charge in [0.2, 0.25) is 0 Å². The molecule has 0 radical (unpaired) electrons. The van der Waals surface area contributed by atoms with E-state index in [1.807, 2.05) is 18.2 Å². The van der Waals surface area contributed by atoms with Crippen molar-refractivity contribution in [2.75, 3.05) is 31.9 Å². The van der Waals surface area contributed by atoms with Gasteiger partial charge in [0.25, 0.3) is 0 Å². The Morgan fingerprint density at radius 2 is 1.95 bits per heavy atom. The fourth-order valence-corrected chi connectivity index (χ4v) is 2.82. The van der Waals surface area contributed by atoms with Crippen LogP contribution in [0, 0.1) is 0 Å². The SMILES string of the molecule is CCC[C@@H](c1cc(Cl)ccc1N)N1CCNCC1.Cl.Cl. The average Bonchev–Trinajstić information content (AvgIpc) is 2.40. The van der Waals surface area contributed by atoms with Gasteiger partial charge in [0.05, 0.1) is 0 Å².